The lowest BCUT2D eigenvalue weighted by molar-refractivity contribution is -0.0724. The van der Waals surface area contributed by atoms with E-state index in [1.807, 2.05) is 0 Å². The van der Waals surface area contributed by atoms with E-state index in [9.17, 15) is 69.0 Å². The van der Waals surface area contributed by atoms with Crippen LogP contribution < -0.4 is 45.0 Å². The van der Waals surface area contributed by atoms with Crippen LogP contribution in [0.2, 0.25) is 0 Å². The van der Waals surface area contributed by atoms with Crippen LogP contribution in [0.3, 0.4) is 0 Å². The van der Waals surface area contributed by atoms with Gasteiger partial charge in [0.1, 0.15) is 72.7 Å². The van der Waals surface area contributed by atoms with Gasteiger partial charge in [-0.25, -0.2) is 19.2 Å². The number of aliphatic hydroxyl groups is 6. The highest BCUT2D eigenvalue weighted by molar-refractivity contribution is 7.73. The molecule has 4 saturated heterocycles. The van der Waals surface area contributed by atoms with Gasteiger partial charge in [-0.3, -0.25) is 39.1 Å². The second-order valence-electron chi connectivity index (χ2n) is 25.9. The summed E-state index contributed by atoms with van der Waals surface area (Å²) < 4.78 is 33.9. The Labute approximate surface area is 508 Å². The van der Waals surface area contributed by atoms with Crippen LogP contribution in [0.25, 0.3) is 0 Å². The van der Waals surface area contributed by atoms with E-state index < -0.39 is 169 Å². The van der Waals surface area contributed by atoms with Gasteiger partial charge in [-0.15, -0.1) is 52.7 Å². The molecule has 0 amide bonds. The van der Waals surface area contributed by atoms with E-state index in [4.69, 9.17) is 28.4 Å². The zero-order valence-corrected chi connectivity index (χ0v) is 55.6. The second kappa shape index (κ2) is 29.8. The topological polar surface area (TPSA) is 440 Å². The molecule has 0 aliphatic carbocycles. The molecule has 14 N–H and O–H groups in total. The minimum atomic E-state index is -1.61. The number of H-pyrrole nitrogens is 8. The molecule has 28 nitrogen and oxygen atoms in total. The molecule has 4 unspecified atom stereocenters. The molecule has 32 heteroatoms. The smallest absolute Gasteiger partial charge is 0.325 e. The van der Waals surface area contributed by atoms with Crippen LogP contribution in [0.5, 0.6) is 0 Å². The van der Waals surface area contributed by atoms with Crippen molar-refractivity contribution >= 4 is 52.7 Å². The third-order valence-electron chi connectivity index (χ3n) is 15.5. The Hall–Kier alpha value is -4.56. The third kappa shape index (κ3) is 19.7. The van der Waals surface area contributed by atoms with Crippen molar-refractivity contribution in [3.8, 4) is 0 Å². The summed E-state index contributed by atoms with van der Waals surface area (Å²) in [5.74, 6) is 0. The highest BCUT2D eigenvalue weighted by atomic mass is 31.2. The van der Waals surface area contributed by atoms with E-state index in [2.05, 4.69) is 118 Å². The molecule has 4 aromatic heterocycles. The molecule has 0 radical (unpaired) electrons. The average Bonchev–Trinajstić information content (AvgIpc) is 1.68. The van der Waals surface area contributed by atoms with Crippen molar-refractivity contribution in [1.29, 1.82) is 0 Å². The van der Waals surface area contributed by atoms with Crippen molar-refractivity contribution in [1.82, 2.24) is 39.9 Å². The van der Waals surface area contributed by atoms with Gasteiger partial charge in [-0.2, -0.15) is 0 Å². The number of aliphatic hydroxyl groups excluding tert-OH is 5. The van der Waals surface area contributed by atoms with Crippen LogP contribution in [0, 0.1) is 0 Å². The molecule has 8 rings (SSSR count). The fraction of sp³-hybridized carbons (Fsp3) is 0.643. The molecule has 8 heterocycles. The standard InChI is InChI=1S/4C14H23N2O5P/c1-14(5-6-22(2,3)4)11(18)9(17)10(21-14)8-7-15-13(20)16-12(8)19;2*1-20-12-10(17)9(5-6-22(2,3)4)21-11(12)8-7-15-14(19)16-13(8)18;1-14(20)10(17)9(5-6-22(2,3)4)21-11(14)8-7-15-13(19)16-12(8)18/h7,9-11,17-18H,2,5-6H2,1,3-4H3,(H2,15,16,19,20);2*7,9-12,17H,2,5-6H2,1,3-4H3,(H2,15,16,18,19);7,9-11,17,20H,2,5-6H2,1,3-4H3,(H2,15,16,18,19)/t9-,10?,11-,14+;2*9-,10-,11?,12-;9-,10-,11?,14-/m0111/s1. The highest BCUT2D eigenvalue weighted by Gasteiger charge is 2.54. The zero-order valence-electron chi connectivity index (χ0n) is 52.1. The Kier molecular flexibility index (Phi) is 25.1. The van der Waals surface area contributed by atoms with Crippen LogP contribution in [-0.4, -0.2) is 260 Å². The molecule has 0 bridgehead atoms. The molecule has 16 atom stereocenters. The SMILES string of the molecule is C=P(C)(C)CC[C@@]1(C)OC(c2c[nH]c(=O)[nH]c2=O)[C@H](O)[C@@H]1O.C=P(C)(C)CC[C@H]1OC(c2c[nH]c(=O)[nH]c2=O)[C@H](OC)[C@@H]1O.C=P(C)(C)CC[C@H]1OC(c2c[nH]c(=O)[nH]c2=O)[C@H](OC)[C@@H]1O.C=P(C)(C)CC[C@H]1OC(c2c[nH]c(=O)[nH]c2=O)[C@](C)(O)[C@@H]1O. The summed E-state index contributed by atoms with van der Waals surface area (Å²) in [5.41, 5.74) is -6.64. The van der Waals surface area contributed by atoms with Gasteiger partial charge in [-0.1, -0.05) is 0 Å². The number of rotatable bonds is 18. The predicted octanol–water partition coefficient (Wildman–Crippen LogP) is -0.615. The number of aromatic nitrogens is 8. The Morgan fingerprint density at radius 2 is 0.784 bits per heavy atom. The normalized spacial score (nSPS) is 30.6. The fourth-order valence-corrected chi connectivity index (χ4v) is 14.3. The number of ether oxygens (including phenoxy) is 6. The van der Waals surface area contributed by atoms with Crippen LogP contribution >= 0.6 is 27.5 Å². The Morgan fingerprint density at radius 3 is 1.10 bits per heavy atom. The first-order valence-electron chi connectivity index (χ1n) is 28.3. The molecular formula is C56H92N8O20P4. The lowest BCUT2D eigenvalue weighted by Gasteiger charge is -2.29. The van der Waals surface area contributed by atoms with E-state index >= 15 is 0 Å². The van der Waals surface area contributed by atoms with E-state index in [1.165, 1.54) is 45.9 Å². The van der Waals surface area contributed by atoms with Crippen LogP contribution in [0.1, 0.15) is 86.2 Å². The van der Waals surface area contributed by atoms with Crippen molar-refractivity contribution in [2.45, 2.75) is 136 Å². The Balaban J connectivity index is 0.000000214. The van der Waals surface area contributed by atoms with E-state index in [-0.39, 0.29) is 22.3 Å². The third-order valence-corrected chi connectivity index (χ3v) is 21.4. The molecule has 496 valence electrons. The second-order valence-corrected chi connectivity index (χ2v) is 43.2. The van der Waals surface area contributed by atoms with E-state index in [0.29, 0.717) is 25.7 Å². The Morgan fingerprint density at radius 1 is 0.466 bits per heavy atom. The highest BCUT2D eigenvalue weighted by Crippen LogP contribution is 2.47. The van der Waals surface area contributed by atoms with Gasteiger partial charge in [0.05, 0.1) is 46.2 Å². The van der Waals surface area contributed by atoms with E-state index in [1.54, 1.807) is 6.92 Å². The lowest BCUT2D eigenvalue weighted by atomic mass is 9.89. The summed E-state index contributed by atoms with van der Waals surface area (Å²) in [7, 11) is 2.93. The lowest BCUT2D eigenvalue weighted by Crippen LogP contribution is -2.43. The summed E-state index contributed by atoms with van der Waals surface area (Å²) >= 11 is 0. The number of aromatic amines is 8. The average molecular weight is 1320 g/mol. The fourth-order valence-electron chi connectivity index (χ4n) is 10.4. The minimum Gasteiger partial charge on any atom is -0.388 e. The summed E-state index contributed by atoms with van der Waals surface area (Å²) in [6.45, 7) is 14.9. The maximum Gasteiger partial charge on any atom is 0.325 e. The molecule has 0 spiro atoms. The summed E-state index contributed by atoms with van der Waals surface area (Å²) in [6, 6.07) is 0. The molecule has 4 aromatic rings. The van der Waals surface area contributed by atoms with Gasteiger partial charge in [0, 0.05) is 39.0 Å². The first-order valence-corrected chi connectivity index (χ1v) is 40.5. The van der Waals surface area contributed by atoms with Crippen molar-refractivity contribution in [3.63, 3.8) is 0 Å². The van der Waals surface area contributed by atoms with Crippen molar-refractivity contribution in [3.05, 3.63) is 130 Å². The van der Waals surface area contributed by atoms with Crippen molar-refractivity contribution in [2.75, 3.05) is 92.2 Å². The van der Waals surface area contributed by atoms with Gasteiger partial charge in [0.2, 0.25) is 0 Å². The molecule has 0 aromatic carbocycles. The molecular weight excluding hydrogens is 1230 g/mol. The minimum absolute atomic E-state index is 0.0924. The Bertz CT molecular complexity index is 3510. The first-order chi connectivity index (χ1) is 40.5. The molecule has 4 aliphatic rings. The number of methoxy groups -OCH3 is 2. The van der Waals surface area contributed by atoms with Crippen LogP contribution in [-0.2, 0) is 28.4 Å². The van der Waals surface area contributed by atoms with Crippen LogP contribution in [0.4, 0.5) is 0 Å². The summed E-state index contributed by atoms with van der Waals surface area (Å²) in [4.78, 5) is 110. The number of nitrogens with one attached hydrogen (secondary N) is 8. The quantitative estimate of drug-likeness (QED) is 0.0552. The molecule has 4 fully saturated rings. The van der Waals surface area contributed by atoms with Gasteiger partial charge in [0.15, 0.2) is 0 Å². The van der Waals surface area contributed by atoms with Crippen molar-refractivity contribution < 1.29 is 59.1 Å². The zero-order chi connectivity index (χ0) is 66.4. The largest absolute Gasteiger partial charge is 0.388 e. The molecule has 0 saturated carbocycles. The van der Waals surface area contributed by atoms with Gasteiger partial charge in [-0.05, 0) is 117 Å². The van der Waals surface area contributed by atoms with E-state index in [0.717, 1.165) is 24.6 Å². The molecule has 88 heavy (non-hydrogen) atoms. The maximum atomic E-state index is 11.9. The summed E-state index contributed by atoms with van der Waals surface area (Å²) in [5, 5.41) is 62.2. The maximum absolute atomic E-state index is 11.9. The number of hydrogen-bond donors (Lipinski definition) is 14. The molecule has 4 aliphatic heterocycles. The van der Waals surface area contributed by atoms with Crippen LogP contribution in [0.15, 0.2) is 63.1 Å². The van der Waals surface area contributed by atoms with Gasteiger partial charge < -0.3 is 79.0 Å². The van der Waals surface area contributed by atoms with Crippen molar-refractivity contribution in [2.24, 2.45) is 0 Å². The monoisotopic (exact) mass is 1320 g/mol. The summed E-state index contributed by atoms with van der Waals surface area (Å²) in [6.07, 6.45) is 16.1. The predicted molar refractivity (Wildman–Crippen MR) is 350 cm³/mol. The number of hydrogen-bond acceptors (Lipinski definition) is 20. The van der Waals surface area contributed by atoms with Gasteiger partial charge in [0.25, 0.3) is 22.2 Å². The van der Waals surface area contributed by atoms with Gasteiger partial charge >= 0.3 is 22.8 Å². The first kappa shape index (κ1) is 74.2.